The van der Waals surface area contributed by atoms with Crippen LogP contribution < -0.4 is 0 Å². The average molecular weight is 713 g/mol. The molecule has 0 aliphatic carbocycles. The maximum absolute atomic E-state index is 12.4. The number of piperidine rings is 2. The lowest BCUT2D eigenvalue weighted by Gasteiger charge is -2.36. The van der Waals surface area contributed by atoms with Gasteiger partial charge in [-0.15, -0.1) is 0 Å². The Morgan fingerprint density at radius 2 is 0.918 bits per heavy atom. The first-order chi connectivity index (χ1) is 22.4. The van der Waals surface area contributed by atoms with Crippen LogP contribution in [-0.4, -0.2) is 124 Å². The predicted molar refractivity (Wildman–Crippen MR) is 181 cm³/mol. The molecule has 0 amide bonds. The second-order valence-electron chi connectivity index (χ2n) is 12.9. The monoisotopic (exact) mass is 712 g/mol. The van der Waals surface area contributed by atoms with E-state index in [2.05, 4.69) is 23.9 Å². The minimum Gasteiger partial charge on any atom is -0.462 e. The van der Waals surface area contributed by atoms with Crippen molar-refractivity contribution < 1.29 is 57.8 Å². The lowest BCUT2D eigenvalue weighted by atomic mass is 9.98. The molecule has 276 valence electrons. The van der Waals surface area contributed by atoms with Crippen molar-refractivity contribution in [3.63, 3.8) is 0 Å². The minimum atomic E-state index is -4.67. The molecule has 4 heterocycles. The van der Waals surface area contributed by atoms with Gasteiger partial charge in [-0.05, 0) is 76.6 Å². The van der Waals surface area contributed by atoms with Crippen molar-refractivity contribution in [2.75, 3.05) is 27.3 Å². The molecule has 4 bridgehead atoms. The van der Waals surface area contributed by atoms with Crippen molar-refractivity contribution in [1.29, 1.82) is 0 Å². The maximum Gasteiger partial charge on any atom is 0.394 e. The van der Waals surface area contributed by atoms with Gasteiger partial charge in [-0.2, -0.15) is 8.42 Å². The number of ether oxygens (including phenoxy) is 2. The average Bonchev–Trinajstić information content (AvgIpc) is 3.34. The third-order valence-electron chi connectivity index (χ3n) is 10.0. The van der Waals surface area contributed by atoms with E-state index in [1.165, 1.54) is 25.7 Å². The molecule has 4 aliphatic rings. The van der Waals surface area contributed by atoms with Crippen molar-refractivity contribution in [1.82, 2.24) is 9.80 Å². The summed E-state index contributed by atoms with van der Waals surface area (Å²) in [5.41, 5.74) is 1.64. The summed E-state index contributed by atoms with van der Waals surface area (Å²) in [6.07, 6.45) is 8.52. The van der Waals surface area contributed by atoms with Crippen LogP contribution in [0.4, 0.5) is 0 Å². The lowest BCUT2D eigenvalue weighted by Crippen LogP contribution is -2.43. The van der Waals surface area contributed by atoms with Crippen LogP contribution in [0.2, 0.25) is 0 Å². The number of nitrogens with zero attached hydrogens (tertiary/aromatic N) is 2. The molecule has 4 aliphatic heterocycles. The van der Waals surface area contributed by atoms with Crippen LogP contribution in [0.15, 0.2) is 60.7 Å². The number of esters is 2. The van der Waals surface area contributed by atoms with E-state index in [0.29, 0.717) is 24.2 Å². The molecule has 49 heavy (non-hydrogen) atoms. The molecule has 8 N–H and O–H groups in total. The fourth-order valence-corrected chi connectivity index (χ4v) is 7.41. The van der Waals surface area contributed by atoms with E-state index in [-0.39, 0.29) is 48.3 Å². The maximum atomic E-state index is 12.4. The van der Waals surface area contributed by atoms with Gasteiger partial charge in [0.1, 0.15) is 24.0 Å². The molecule has 0 radical (unpaired) electrons. The van der Waals surface area contributed by atoms with E-state index >= 15 is 0 Å². The van der Waals surface area contributed by atoms with Gasteiger partial charge in [0.2, 0.25) is 0 Å². The molecule has 2 aromatic rings. The van der Waals surface area contributed by atoms with Gasteiger partial charge in [0.15, 0.2) is 0 Å². The minimum absolute atomic E-state index is 0. The fourth-order valence-electron chi connectivity index (χ4n) is 7.41. The molecule has 6 rings (SSSR count). The Balaban J connectivity index is 0.000000289. The summed E-state index contributed by atoms with van der Waals surface area (Å²) in [5.74, 6) is -1.72. The molecule has 15 heteroatoms. The van der Waals surface area contributed by atoms with Crippen LogP contribution in [0, 0.1) is 0 Å². The molecule has 8 atom stereocenters. The summed E-state index contributed by atoms with van der Waals surface area (Å²) in [6, 6.07) is 20.9. The lowest BCUT2D eigenvalue weighted by molar-refractivity contribution is -0.156. The number of carbonyl (C=O) groups excluding carboxylic acids is 2. The van der Waals surface area contributed by atoms with Crippen molar-refractivity contribution in [2.45, 2.75) is 99.6 Å². The Labute approximate surface area is 288 Å². The summed E-state index contributed by atoms with van der Waals surface area (Å²) in [4.78, 5) is 29.6. The van der Waals surface area contributed by atoms with Gasteiger partial charge in [0, 0.05) is 24.2 Å². The SMILES string of the molecule is CN1[C@@H]2CC[C@H]1CC(OC(=O)C(CO)c1ccccc1)C2.CN1[C@@H]2CC[C@H]1CC(OC(=O)C(CO)c1ccccc1)C2.O.O.O=S(=O)(O)O. The highest BCUT2D eigenvalue weighted by atomic mass is 32.3. The largest absolute Gasteiger partial charge is 0.462 e. The van der Waals surface area contributed by atoms with Crippen LogP contribution in [-0.2, 0) is 29.5 Å². The molecular weight excluding hydrogens is 660 g/mol. The number of hydrogen-bond acceptors (Lipinski definition) is 10. The van der Waals surface area contributed by atoms with Gasteiger partial charge in [-0.25, -0.2) is 0 Å². The number of hydrogen-bond donors (Lipinski definition) is 4. The van der Waals surface area contributed by atoms with Gasteiger partial charge in [0.25, 0.3) is 0 Å². The summed E-state index contributed by atoms with van der Waals surface area (Å²) < 4.78 is 43.0. The second-order valence-corrected chi connectivity index (χ2v) is 13.8. The normalized spacial score (nSPS) is 27.0. The number of fused-ring (bicyclic) bond motifs is 4. The second kappa shape index (κ2) is 19.4. The molecular formula is C34H52N2O12S. The molecule has 0 spiro atoms. The number of benzene rings is 2. The Hall–Kier alpha value is -2.99. The van der Waals surface area contributed by atoms with E-state index < -0.39 is 22.2 Å². The third kappa shape index (κ3) is 12.1. The van der Waals surface area contributed by atoms with Crippen molar-refractivity contribution in [3.8, 4) is 0 Å². The molecule has 2 aromatic carbocycles. The van der Waals surface area contributed by atoms with Gasteiger partial charge in [-0.3, -0.25) is 18.7 Å². The van der Waals surface area contributed by atoms with Crippen LogP contribution in [0.5, 0.6) is 0 Å². The zero-order valence-electron chi connectivity index (χ0n) is 28.0. The Morgan fingerprint density at radius 3 is 1.16 bits per heavy atom. The number of aliphatic hydroxyl groups excluding tert-OH is 2. The molecule has 4 unspecified atom stereocenters. The van der Waals surface area contributed by atoms with Crippen molar-refractivity contribution in [3.05, 3.63) is 71.8 Å². The molecule has 4 fully saturated rings. The predicted octanol–water partition coefficient (Wildman–Crippen LogP) is 1.56. The Morgan fingerprint density at radius 1 is 0.653 bits per heavy atom. The standard InChI is InChI=1S/2C17H23NO3.H2O4S.2H2O/c2*1-18-13-7-8-14(18)10-15(9-13)21-17(20)16(11-19)12-5-3-2-4-6-12;1-5(2,3)4;;/h2*2-6,13-16,19H,7-11H2,1H3;(H2,1,2,3,4);2*1H2/t2*13-,14+,15?,16?;;;. The highest BCUT2D eigenvalue weighted by molar-refractivity contribution is 7.79. The zero-order valence-corrected chi connectivity index (χ0v) is 28.8. The van der Waals surface area contributed by atoms with E-state index in [0.717, 1.165) is 36.8 Å². The highest BCUT2D eigenvalue weighted by Crippen LogP contribution is 2.37. The Bertz CT molecular complexity index is 1270. The van der Waals surface area contributed by atoms with Gasteiger partial charge < -0.3 is 40.4 Å². The van der Waals surface area contributed by atoms with Crippen molar-refractivity contribution >= 4 is 22.3 Å². The number of aliphatic hydroxyl groups is 2. The third-order valence-corrected chi connectivity index (χ3v) is 10.0. The van der Waals surface area contributed by atoms with Gasteiger partial charge in [0.05, 0.1) is 13.2 Å². The van der Waals surface area contributed by atoms with E-state index in [9.17, 15) is 19.8 Å². The van der Waals surface area contributed by atoms with Crippen molar-refractivity contribution in [2.24, 2.45) is 0 Å². The van der Waals surface area contributed by atoms with E-state index in [4.69, 9.17) is 27.0 Å². The molecule has 0 saturated carbocycles. The Kier molecular flexibility index (Phi) is 16.7. The van der Waals surface area contributed by atoms with Crippen LogP contribution in [0.1, 0.15) is 74.3 Å². The van der Waals surface area contributed by atoms with Crippen LogP contribution >= 0.6 is 0 Å². The highest BCUT2D eigenvalue weighted by Gasteiger charge is 2.41. The topological polar surface area (TPSA) is 237 Å². The number of carbonyl (C=O) groups is 2. The quantitative estimate of drug-likeness (QED) is 0.225. The van der Waals surface area contributed by atoms with E-state index in [1.54, 1.807) is 0 Å². The molecule has 0 aromatic heterocycles. The van der Waals surface area contributed by atoms with E-state index in [1.807, 2.05) is 60.7 Å². The van der Waals surface area contributed by atoms with Crippen LogP contribution in [0.3, 0.4) is 0 Å². The fraction of sp³-hybridized carbons (Fsp3) is 0.588. The first-order valence-corrected chi connectivity index (χ1v) is 17.6. The summed E-state index contributed by atoms with van der Waals surface area (Å²) in [6.45, 7) is -0.412. The zero-order chi connectivity index (χ0) is 34.1. The molecule has 14 nitrogen and oxygen atoms in total. The molecule has 4 saturated heterocycles. The number of rotatable bonds is 8. The summed E-state index contributed by atoms with van der Waals surface area (Å²) in [5, 5.41) is 19.1. The first-order valence-electron chi connectivity index (χ1n) is 16.2. The smallest absolute Gasteiger partial charge is 0.394 e. The van der Waals surface area contributed by atoms with Gasteiger partial charge >= 0.3 is 22.3 Å². The summed E-state index contributed by atoms with van der Waals surface area (Å²) in [7, 11) is -0.332. The van der Waals surface area contributed by atoms with Crippen LogP contribution in [0.25, 0.3) is 0 Å². The summed E-state index contributed by atoms with van der Waals surface area (Å²) >= 11 is 0. The van der Waals surface area contributed by atoms with Gasteiger partial charge in [-0.1, -0.05) is 60.7 Å². The first kappa shape index (κ1) is 42.2.